The van der Waals surface area contributed by atoms with Gasteiger partial charge in [-0.2, -0.15) is 0 Å². The summed E-state index contributed by atoms with van der Waals surface area (Å²) >= 11 is 1.66. The molecule has 0 atom stereocenters. The summed E-state index contributed by atoms with van der Waals surface area (Å²) in [5.74, 6) is 0. The second-order valence-corrected chi connectivity index (χ2v) is 5.25. The van der Waals surface area contributed by atoms with Crippen LogP contribution >= 0.6 is 11.8 Å². The van der Waals surface area contributed by atoms with Gasteiger partial charge >= 0.3 is 0 Å². The minimum Gasteiger partial charge on any atom is -0.392 e. The molecule has 1 aliphatic heterocycles. The van der Waals surface area contributed by atoms with Crippen molar-refractivity contribution in [3.05, 3.63) is 47.5 Å². The summed E-state index contributed by atoms with van der Waals surface area (Å²) in [5, 5.41) is 22.0. The van der Waals surface area contributed by atoms with Gasteiger partial charge < -0.3 is 15.5 Å². The van der Waals surface area contributed by atoms with Gasteiger partial charge in [-0.25, -0.2) is 0 Å². The minimum absolute atomic E-state index is 0.0114. The Hall–Kier alpha value is -1.49. The quantitative estimate of drug-likeness (QED) is 0.662. The van der Waals surface area contributed by atoms with Gasteiger partial charge in [0.25, 0.3) is 0 Å². The molecule has 3 rings (SSSR count). The number of aliphatic hydroxyl groups excluding tert-OH is 2. The lowest BCUT2D eigenvalue weighted by Crippen LogP contribution is -2.04. The second-order valence-electron chi connectivity index (χ2n) is 4.17. The van der Waals surface area contributed by atoms with Gasteiger partial charge in [0, 0.05) is 15.4 Å². The van der Waals surface area contributed by atoms with E-state index in [2.05, 4.69) is 11.4 Å². The molecular weight excluding hydrogens is 246 g/mol. The zero-order valence-corrected chi connectivity index (χ0v) is 10.5. The van der Waals surface area contributed by atoms with Crippen molar-refractivity contribution in [3.8, 4) is 0 Å². The van der Waals surface area contributed by atoms with E-state index in [1.807, 2.05) is 30.3 Å². The third-order valence-electron chi connectivity index (χ3n) is 2.96. The molecule has 0 radical (unpaired) electrons. The maximum atomic E-state index is 9.43. The highest BCUT2D eigenvalue weighted by atomic mass is 32.2. The van der Waals surface area contributed by atoms with Crippen LogP contribution in [0.1, 0.15) is 11.1 Å². The lowest BCUT2D eigenvalue weighted by Gasteiger charge is -2.23. The summed E-state index contributed by atoms with van der Waals surface area (Å²) in [6.45, 7) is -0.0472. The summed E-state index contributed by atoms with van der Waals surface area (Å²) in [4.78, 5) is 2.20. The van der Waals surface area contributed by atoms with Gasteiger partial charge in [0.1, 0.15) is 0 Å². The Bertz CT molecular complexity index is 598. The third kappa shape index (κ3) is 1.88. The molecule has 0 unspecified atom stereocenters. The molecule has 1 aliphatic rings. The molecule has 1 heterocycles. The van der Waals surface area contributed by atoms with Crippen molar-refractivity contribution in [2.75, 3.05) is 5.32 Å². The minimum atomic E-state index is -0.0358. The molecule has 0 fully saturated rings. The molecule has 0 aromatic heterocycles. The number of anilines is 2. The predicted molar refractivity (Wildman–Crippen MR) is 72.1 cm³/mol. The molecule has 0 aliphatic carbocycles. The number of para-hydroxylation sites is 1. The van der Waals surface area contributed by atoms with Crippen molar-refractivity contribution in [3.63, 3.8) is 0 Å². The van der Waals surface area contributed by atoms with E-state index in [-0.39, 0.29) is 13.2 Å². The molecule has 0 spiro atoms. The first-order chi connectivity index (χ1) is 8.81. The molecule has 3 N–H and O–H groups in total. The Morgan fingerprint density at radius 3 is 2.61 bits per heavy atom. The number of hydrogen-bond acceptors (Lipinski definition) is 4. The lowest BCUT2D eigenvalue weighted by molar-refractivity contribution is 0.275. The number of benzene rings is 2. The molecule has 92 valence electrons. The summed E-state index contributed by atoms with van der Waals surface area (Å²) in [6.07, 6.45) is 0. The zero-order valence-electron chi connectivity index (χ0n) is 9.68. The maximum absolute atomic E-state index is 9.43. The molecular formula is C14H13NO2S. The number of hydrogen-bond donors (Lipinski definition) is 3. The van der Waals surface area contributed by atoms with Gasteiger partial charge in [-0.3, -0.25) is 0 Å². The smallest absolute Gasteiger partial charge is 0.0702 e. The molecule has 18 heavy (non-hydrogen) atoms. The van der Waals surface area contributed by atoms with Crippen LogP contribution in [0.5, 0.6) is 0 Å². The lowest BCUT2D eigenvalue weighted by atomic mass is 10.1. The van der Waals surface area contributed by atoms with Crippen LogP contribution in [-0.4, -0.2) is 10.2 Å². The Morgan fingerprint density at radius 2 is 1.83 bits per heavy atom. The second kappa shape index (κ2) is 4.65. The van der Waals surface area contributed by atoms with Crippen LogP contribution in [0.25, 0.3) is 0 Å². The molecule has 0 saturated carbocycles. The van der Waals surface area contributed by atoms with Gasteiger partial charge in [0.05, 0.1) is 24.6 Å². The fraction of sp³-hybridized carbons (Fsp3) is 0.143. The fourth-order valence-corrected chi connectivity index (χ4v) is 3.19. The van der Waals surface area contributed by atoms with Crippen molar-refractivity contribution in [2.24, 2.45) is 0 Å². The molecule has 0 amide bonds. The van der Waals surface area contributed by atoms with Crippen LogP contribution in [0.2, 0.25) is 0 Å². The van der Waals surface area contributed by atoms with Crippen molar-refractivity contribution in [1.82, 2.24) is 0 Å². The summed E-state index contributed by atoms with van der Waals surface area (Å²) in [6, 6.07) is 11.9. The third-order valence-corrected chi connectivity index (χ3v) is 4.08. The van der Waals surface area contributed by atoms with E-state index >= 15 is 0 Å². The summed E-state index contributed by atoms with van der Waals surface area (Å²) in [7, 11) is 0. The summed E-state index contributed by atoms with van der Waals surface area (Å²) in [5.41, 5.74) is 3.64. The van der Waals surface area contributed by atoms with E-state index in [9.17, 15) is 10.2 Å². The highest BCUT2D eigenvalue weighted by Gasteiger charge is 2.18. The summed E-state index contributed by atoms with van der Waals surface area (Å²) < 4.78 is 0. The van der Waals surface area contributed by atoms with Crippen LogP contribution in [0.4, 0.5) is 11.4 Å². The highest BCUT2D eigenvalue weighted by molar-refractivity contribution is 7.99. The number of fused-ring (bicyclic) bond motifs is 2. The van der Waals surface area contributed by atoms with Gasteiger partial charge in [-0.15, -0.1) is 0 Å². The standard InChI is InChI=1S/C14H13NO2S/c16-7-9-5-10(8-17)14-13(6-9)18-12-4-2-1-3-11(12)15-14/h1-6,15-17H,7-8H2. The van der Waals surface area contributed by atoms with Crippen LogP contribution in [0.3, 0.4) is 0 Å². The average Bonchev–Trinajstić information content (AvgIpc) is 2.43. The average molecular weight is 259 g/mol. The van der Waals surface area contributed by atoms with E-state index in [0.29, 0.717) is 0 Å². The van der Waals surface area contributed by atoms with E-state index in [1.165, 1.54) is 0 Å². The first-order valence-electron chi connectivity index (χ1n) is 5.73. The Kier molecular flexibility index (Phi) is 2.99. The molecule has 2 aromatic rings. The first kappa shape index (κ1) is 11.6. The molecule has 0 saturated heterocycles. The van der Waals surface area contributed by atoms with Gasteiger partial charge in [-0.05, 0) is 29.8 Å². The number of nitrogens with one attached hydrogen (secondary N) is 1. The molecule has 0 bridgehead atoms. The monoisotopic (exact) mass is 259 g/mol. The van der Waals surface area contributed by atoms with Gasteiger partial charge in [0.15, 0.2) is 0 Å². The fourth-order valence-electron chi connectivity index (χ4n) is 2.09. The molecule has 2 aromatic carbocycles. The van der Waals surface area contributed by atoms with Crippen LogP contribution < -0.4 is 5.32 Å². The predicted octanol–water partition coefficient (Wildman–Crippen LogP) is 2.88. The van der Waals surface area contributed by atoms with Crippen molar-refractivity contribution < 1.29 is 10.2 Å². The Morgan fingerprint density at radius 1 is 1.00 bits per heavy atom. The molecule has 3 nitrogen and oxygen atoms in total. The van der Waals surface area contributed by atoms with Crippen LogP contribution in [0, 0.1) is 0 Å². The zero-order chi connectivity index (χ0) is 12.5. The maximum Gasteiger partial charge on any atom is 0.0702 e. The van der Waals surface area contributed by atoms with Crippen molar-refractivity contribution in [2.45, 2.75) is 23.0 Å². The Labute approximate surface area is 109 Å². The molecule has 4 heteroatoms. The van der Waals surface area contributed by atoms with Crippen molar-refractivity contribution >= 4 is 23.1 Å². The largest absolute Gasteiger partial charge is 0.392 e. The number of rotatable bonds is 2. The van der Waals surface area contributed by atoms with Gasteiger partial charge in [0.2, 0.25) is 0 Å². The van der Waals surface area contributed by atoms with E-state index in [1.54, 1.807) is 11.8 Å². The van der Waals surface area contributed by atoms with E-state index in [0.717, 1.165) is 32.3 Å². The Balaban J connectivity index is 2.11. The van der Waals surface area contributed by atoms with E-state index in [4.69, 9.17) is 0 Å². The first-order valence-corrected chi connectivity index (χ1v) is 6.55. The highest BCUT2D eigenvalue weighted by Crippen LogP contribution is 2.45. The van der Waals surface area contributed by atoms with Gasteiger partial charge in [-0.1, -0.05) is 23.9 Å². The SMILES string of the molecule is OCc1cc(CO)c2c(c1)Sc1ccccc1N2. The van der Waals surface area contributed by atoms with Crippen LogP contribution in [-0.2, 0) is 13.2 Å². The number of aliphatic hydroxyl groups is 2. The topological polar surface area (TPSA) is 52.5 Å². The van der Waals surface area contributed by atoms with Crippen molar-refractivity contribution in [1.29, 1.82) is 0 Å². The normalized spacial score (nSPS) is 12.6. The van der Waals surface area contributed by atoms with Crippen LogP contribution in [0.15, 0.2) is 46.2 Å². The van der Waals surface area contributed by atoms with E-state index < -0.39 is 0 Å².